The molecule has 0 spiro atoms. The van der Waals surface area contributed by atoms with E-state index < -0.39 is 0 Å². The normalized spacial score (nSPS) is 18.7. The Hall–Kier alpha value is -0.860. The minimum Gasteiger partial charge on any atom is -0.326 e. The number of rotatable bonds is 3. The van der Waals surface area contributed by atoms with Crippen molar-refractivity contribution in [3.8, 4) is 0 Å². The molecule has 0 radical (unpaired) electrons. The molecule has 1 fully saturated rings. The molecular weight excluding hydrogens is 232 g/mol. The quantitative estimate of drug-likeness (QED) is 0.902. The van der Waals surface area contributed by atoms with Gasteiger partial charge in [0.2, 0.25) is 0 Å². The molecule has 1 aliphatic heterocycles. The van der Waals surface area contributed by atoms with Crippen molar-refractivity contribution in [2.24, 2.45) is 17.1 Å². The van der Waals surface area contributed by atoms with E-state index in [4.69, 9.17) is 5.73 Å². The Balaban J connectivity index is 1.88. The number of hydrogen-bond acceptors (Lipinski definition) is 2. The molecule has 2 heteroatoms. The minimum atomic E-state index is 0.464. The molecule has 0 aromatic heterocycles. The van der Waals surface area contributed by atoms with Gasteiger partial charge in [0.1, 0.15) is 0 Å². The lowest BCUT2D eigenvalue weighted by atomic mass is 9.75. The Morgan fingerprint density at radius 1 is 1.16 bits per heavy atom. The third-order valence-corrected chi connectivity index (χ3v) is 4.45. The van der Waals surface area contributed by atoms with Crippen molar-refractivity contribution in [1.82, 2.24) is 4.90 Å². The molecule has 1 saturated heterocycles. The van der Waals surface area contributed by atoms with E-state index in [1.807, 2.05) is 0 Å². The summed E-state index contributed by atoms with van der Waals surface area (Å²) in [7, 11) is 0. The van der Waals surface area contributed by atoms with Gasteiger partial charge in [-0.05, 0) is 48.4 Å². The maximum Gasteiger partial charge on any atom is 0.0233 e. The van der Waals surface area contributed by atoms with Crippen molar-refractivity contribution in [3.05, 3.63) is 35.4 Å². The first kappa shape index (κ1) is 14.5. The molecule has 0 amide bonds. The Bertz CT molecular complexity index is 398. The van der Waals surface area contributed by atoms with Crippen LogP contribution in [0.25, 0.3) is 0 Å². The van der Waals surface area contributed by atoms with Crippen LogP contribution in [0.2, 0.25) is 0 Å². The summed E-state index contributed by atoms with van der Waals surface area (Å²) in [6.45, 7) is 11.3. The summed E-state index contributed by atoms with van der Waals surface area (Å²) in [5.74, 6) is 0.874. The van der Waals surface area contributed by atoms with Crippen LogP contribution in [0.1, 0.15) is 44.7 Å². The lowest BCUT2D eigenvalue weighted by Gasteiger charge is -2.38. The molecule has 0 aliphatic carbocycles. The highest BCUT2D eigenvalue weighted by Gasteiger charge is 2.28. The number of nitrogens with zero attached hydrogens (tertiary/aromatic N) is 1. The SMILES string of the molecule is CC(C)(C)C1CCN(Cc2cccc(CN)c2)CC1. The topological polar surface area (TPSA) is 29.3 Å². The summed E-state index contributed by atoms with van der Waals surface area (Å²) >= 11 is 0. The zero-order valence-electron chi connectivity index (χ0n) is 12.7. The van der Waals surface area contributed by atoms with E-state index in [1.54, 1.807) is 0 Å². The lowest BCUT2D eigenvalue weighted by Crippen LogP contribution is -2.37. The highest BCUT2D eigenvalue weighted by Crippen LogP contribution is 2.34. The summed E-state index contributed by atoms with van der Waals surface area (Å²) < 4.78 is 0. The molecule has 0 saturated carbocycles. The number of nitrogens with two attached hydrogens (primary N) is 1. The molecule has 2 rings (SSSR count). The van der Waals surface area contributed by atoms with Gasteiger partial charge >= 0.3 is 0 Å². The highest BCUT2D eigenvalue weighted by atomic mass is 15.1. The second-order valence-corrected chi connectivity index (χ2v) is 6.94. The molecule has 1 heterocycles. The van der Waals surface area contributed by atoms with Crippen molar-refractivity contribution in [2.75, 3.05) is 13.1 Å². The van der Waals surface area contributed by atoms with Gasteiger partial charge in [0.15, 0.2) is 0 Å². The Morgan fingerprint density at radius 3 is 2.37 bits per heavy atom. The van der Waals surface area contributed by atoms with Crippen molar-refractivity contribution >= 4 is 0 Å². The van der Waals surface area contributed by atoms with Gasteiger partial charge in [-0.25, -0.2) is 0 Å². The largest absolute Gasteiger partial charge is 0.326 e. The van der Waals surface area contributed by atoms with Gasteiger partial charge < -0.3 is 5.73 Å². The minimum absolute atomic E-state index is 0.464. The molecule has 0 unspecified atom stereocenters. The maximum absolute atomic E-state index is 5.70. The Kier molecular flexibility index (Phi) is 4.64. The fraction of sp³-hybridized carbons (Fsp3) is 0.647. The number of benzene rings is 1. The molecule has 0 atom stereocenters. The van der Waals surface area contributed by atoms with E-state index in [0.29, 0.717) is 12.0 Å². The molecule has 2 N–H and O–H groups in total. The summed E-state index contributed by atoms with van der Waals surface area (Å²) in [6, 6.07) is 8.69. The van der Waals surface area contributed by atoms with Crippen LogP contribution in [0.4, 0.5) is 0 Å². The summed E-state index contributed by atoms with van der Waals surface area (Å²) in [6.07, 6.45) is 2.67. The van der Waals surface area contributed by atoms with Gasteiger partial charge in [0.05, 0.1) is 0 Å². The fourth-order valence-corrected chi connectivity index (χ4v) is 3.07. The monoisotopic (exact) mass is 260 g/mol. The van der Waals surface area contributed by atoms with Crippen LogP contribution in [0.5, 0.6) is 0 Å². The third-order valence-electron chi connectivity index (χ3n) is 4.45. The van der Waals surface area contributed by atoms with Crippen molar-refractivity contribution in [3.63, 3.8) is 0 Å². The first-order chi connectivity index (χ1) is 8.99. The molecule has 0 bridgehead atoms. The second kappa shape index (κ2) is 6.06. The lowest BCUT2D eigenvalue weighted by molar-refractivity contribution is 0.108. The van der Waals surface area contributed by atoms with Crippen LogP contribution in [0.3, 0.4) is 0 Å². The molecule has 1 aromatic rings. The molecular formula is C17H28N2. The first-order valence-corrected chi connectivity index (χ1v) is 7.49. The fourth-order valence-electron chi connectivity index (χ4n) is 3.07. The van der Waals surface area contributed by atoms with Gasteiger partial charge in [-0.1, -0.05) is 45.0 Å². The average Bonchev–Trinajstić information content (AvgIpc) is 2.38. The molecule has 106 valence electrons. The average molecular weight is 260 g/mol. The van der Waals surface area contributed by atoms with Gasteiger partial charge in [0, 0.05) is 13.1 Å². The van der Waals surface area contributed by atoms with Crippen molar-refractivity contribution in [1.29, 1.82) is 0 Å². The predicted molar refractivity (Wildman–Crippen MR) is 81.8 cm³/mol. The van der Waals surface area contributed by atoms with Crippen LogP contribution in [-0.2, 0) is 13.1 Å². The van der Waals surface area contributed by atoms with Crippen LogP contribution in [-0.4, -0.2) is 18.0 Å². The van der Waals surface area contributed by atoms with E-state index >= 15 is 0 Å². The first-order valence-electron chi connectivity index (χ1n) is 7.49. The second-order valence-electron chi connectivity index (χ2n) is 6.94. The number of hydrogen-bond donors (Lipinski definition) is 1. The Labute approximate surface area is 118 Å². The zero-order valence-corrected chi connectivity index (χ0v) is 12.7. The zero-order chi connectivity index (χ0) is 13.9. The van der Waals surface area contributed by atoms with E-state index in [1.165, 1.54) is 37.1 Å². The van der Waals surface area contributed by atoms with E-state index in [-0.39, 0.29) is 0 Å². The van der Waals surface area contributed by atoms with Crippen molar-refractivity contribution < 1.29 is 0 Å². The summed E-state index contributed by atoms with van der Waals surface area (Å²) in [4.78, 5) is 2.58. The van der Waals surface area contributed by atoms with Gasteiger partial charge in [-0.2, -0.15) is 0 Å². The standard InChI is InChI=1S/C17H28N2/c1-17(2,3)16-7-9-19(10-8-16)13-15-6-4-5-14(11-15)12-18/h4-6,11,16H,7-10,12-13,18H2,1-3H3. The van der Waals surface area contributed by atoms with Gasteiger partial charge in [-0.15, -0.1) is 0 Å². The predicted octanol–water partition coefficient (Wildman–Crippen LogP) is 3.40. The molecule has 19 heavy (non-hydrogen) atoms. The summed E-state index contributed by atoms with van der Waals surface area (Å²) in [5.41, 5.74) is 8.81. The van der Waals surface area contributed by atoms with E-state index in [0.717, 1.165) is 12.5 Å². The van der Waals surface area contributed by atoms with Gasteiger partial charge in [-0.3, -0.25) is 4.90 Å². The van der Waals surface area contributed by atoms with Crippen LogP contribution in [0, 0.1) is 11.3 Å². The van der Waals surface area contributed by atoms with E-state index in [2.05, 4.69) is 49.9 Å². The summed E-state index contributed by atoms with van der Waals surface area (Å²) in [5, 5.41) is 0. The van der Waals surface area contributed by atoms with Crippen LogP contribution in [0.15, 0.2) is 24.3 Å². The van der Waals surface area contributed by atoms with Gasteiger partial charge in [0.25, 0.3) is 0 Å². The third kappa shape index (κ3) is 4.05. The van der Waals surface area contributed by atoms with Crippen LogP contribution >= 0.6 is 0 Å². The smallest absolute Gasteiger partial charge is 0.0233 e. The molecule has 1 aliphatic rings. The van der Waals surface area contributed by atoms with E-state index in [9.17, 15) is 0 Å². The number of likely N-dealkylation sites (tertiary alicyclic amines) is 1. The number of piperidine rings is 1. The van der Waals surface area contributed by atoms with Crippen LogP contribution < -0.4 is 5.73 Å². The Morgan fingerprint density at radius 2 is 1.79 bits per heavy atom. The molecule has 1 aromatic carbocycles. The molecule has 2 nitrogen and oxygen atoms in total. The highest BCUT2D eigenvalue weighted by molar-refractivity contribution is 5.23. The maximum atomic E-state index is 5.70. The van der Waals surface area contributed by atoms with Crippen molar-refractivity contribution in [2.45, 2.75) is 46.7 Å².